The van der Waals surface area contributed by atoms with Gasteiger partial charge in [0.15, 0.2) is 5.82 Å². The third kappa shape index (κ3) is 2.62. The number of imidazole rings is 1. The Hall–Kier alpha value is -4.46. The molecule has 142 valence electrons. The summed E-state index contributed by atoms with van der Waals surface area (Å²) in [6.07, 6.45) is 8.80. The molecule has 6 aromatic rings. The van der Waals surface area contributed by atoms with Crippen LogP contribution in [0.1, 0.15) is 0 Å². The zero-order valence-electron chi connectivity index (χ0n) is 15.6. The van der Waals surface area contributed by atoms with E-state index in [4.69, 9.17) is 4.98 Å². The second-order valence-electron chi connectivity index (χ2n) is 6.79. The highest BCUT2D eigenvalue weighted by molar-refractivity contribution is 5.96. The van der Waals surface area contributed by atoms with Gasteiger partial charge in [-0.1, -0.05) is 6.07 Å². The van der Waals surface area contributed by atoms with Gasteiger partial charge in [0.05, 0.1) is 34.3 Å². The predicted octanol–water partition coefficient (Wildman–Crippen LogP) is 4.02. The van der Waals surface area contributed by atoms with Gasteiger partial charge in [-0.15, -0.1) is 0 Å². The molecule has 30 heavy (non-hydrogen) atoms. The molecule has 0 saturated heterocycles. The van der Waals surface area contributed by atoms with Crippen molar-refractivity contribution in [2.45, 2.75) is 0 Å². The minimum atomic E-state index is 0.660. The van der Waals surface area contributed by atoms with Crippen LogP contribution in [-0.2, 0) is 0 Å². The fourth-order valence-electron chi connectivity index (χ4n) is 3.51. The summed E-state index contributed by atoms with van der Waals surface area (Å²) in [6.45, 7) is 0. The minimum absolute atomic E-state index is 0.660. The monoisotopic (exact) mass is 390 g/mol. The van der Waals surface area contributed by atoms with Crippen molar-refractivity contribution in [3.63, 3.8) is 0 Å². The lowest BCUT2D eigenvalue weighted by Gasteiger charge is -2.00. The first kappa shape index (κ1) is 16.5. The molecule has 0 bridgehead atoms. The Morgan fingerprint density at radius 3 is 2.60 bits per heavy atom. The summed E-state index contributed by atoms with van der Waals surface area (Å²) in [5.41, 5.74) is 6.48. The lowest BCUT2D eigenvalue weighted by Crippen LogP contribution is -1.87. The van der Waals surface area contributed by atoms with Crippen molar-refractivity contribution in [1.29, 1.82) is 0 Å². The lowest BCUT2D eigenvalue weighted by molar-refractivity contribution is 1.10. The largest absolute Gasteiger partial charge is 0.336 e. The summed E-state index contributed by atoms with van der Waals surface area (Å²) in [4.78, 5) is 25.8. The van der Waals surface area contributed by atoms with Gasteiger partial charge in [0.2, 0.25) is 0 Å². The third-order valence-corrected chi connectivity index (χ3v) is 4.93. The van der Waals surface area contributed by atoms with Crippen molar-refractivity contribution in [2.75, 3.05) is 0 Å². The number of fused-ring (bicyclic) bond motifs is 2. The van der Waals surface area contributed by atoms with E-state index in [2.05, 4.69) is 35.1 Å². The van der Waals surface area contributed by atoms with E-state index in [1.54, 1.807) is 31.0 Å². The Morgan fingerprint density at radius 2 is 1.73 bits per heavy atom. The molecule has 8 nitrogen and oxygen atoms in total. The van der Waals surface area contributed by atoms with E-state index in [-0.39, 0.29) is 0 Å². The van der Waals surface area contributed by atoms with E-state index in [0.29, 0.717) is 5.82 Å². The van der Waals surface area contributed by atoms with Gasteiger partial charge in [0, 0.05) is 35.7 Å². The van der Waals surface area contributed by atoms with Gasteiger partial charge in [-0.2, -0.15) is 5.10 Å². The van der Waals surface area contributed by atoms with Crippen LogP contribution in [0, 0.1) is 0 Å². The van der Waals surface area contributed by atoms with Crippen molar-refractivity contribution in [2.24, 2.45) is 0 Å². The summed E-state index contributed by atoms with van der Waals surface area (Å²) in [7, 11) is 0. The number of aromatic nitrogens is 8. The van der Waals surface area contributed by atoms with Gasteiger partial charge in [0.25, 0.3) is 0 Å². The van der Waals surface area contributed by atoms with Crippen LogP contribution in [0.5, 0.6) is 0 Å². The molecule has 6 rings (SSSR count). The van der Waals surface area contributed by atoms with Crippen LogP contribution in [0.3, 0.4) is 0 Å². The van der Waals surface area contributed by atoms with E-state index in [1.807, 2.05) is 42.5 Å². The average Bonchev–Trinajstić information content (AvgIpc) is 3.43. The van der Waals surface area contributed by atoms with Crippen LogP contribution in [0.15, 0.2) is 73.4 Å². The fraction of sp³-hybridized carbons (Fsp3) is 0. The van der Waals surface area contributed by atoms with Crippen molar-refractivity contribution in [3.8, 4) is 34.2 Å². The summed E-state index contributed by atoms with van der Waals surface area (Å²) < 4.78 is 0. The SMILES string of the molecule is c1ccc(-c2cc3c(-c4nc5c(-c6cccnc6)nccc5[nH]4)n[nH]c3cn2)nc1. The summed E-state index contributed by atoms with van der Waals surface area (Å²) in [6, 6.07) is 13.5. The van der Waals surface area contributed by atoms with Gasteiger partial charge in [0.1, 0.15) is 11.2 Å². The molecular formula is C22H14N8. The summed E-state index contributed by atoms with van der Waals surface area (Å²) >= 11 is 0. The van der Waals surface area contributed by atoms with E-state index < -0.39 is 0 Å². The maximum Gasteiger partial charge on any atom is 0.159 e. The normalized spacial score (nSPS) is 11.3. The molecular weight excluding hydrogens is 376 g/mol. The number of hydrogen-bond acceptors (Lipinski definition) is 6. The van der Waals surface area contributed by atoms with Crippen LogP contribution < -0.4 is 0 Å². The second kappa shape index (κ2) is 6.56. The van der Waals surface area contributed by atoms with Crippen molar-refractivity contribution in [3.05, 3.63) is 73.4 Å². The molecule has 0 atom stereocenters. The molecule has 6 heterocycles. The highest BCUT2D eigenvalue weighted by atomic mass is 15.1. The van der Waals surface area contributed by atoms with Gasteiger partial charge in [-0.25, -0.2) is 4.98 Å². The second-order valence-corrected chi connectivity index (χ2v) is 6.79. The quantitative estimate of drug-likeness (QED) is 0.472. The average molecular weight is 390 g/mol. The van der Waals surface area contributed by atoms with Crippen LogP contribution >= 0.6 is 0 Å². The maximum absolute atomic E-state index is 4.82. The third-order valence-electron chi connectivity index (χ3n) is 4.93. The molecule has 2 N–H and O–H groups in total. The molecule has 0 saturated carbocycles. The molecule has 8 heteroatoms. The van der Waals surface area contributed by atoms with Crippen molar-refractivity contribution in [1.82, 2.24) is 40.1 Å². The van der Waals surface area contributed by atoms with Gasteiger partial charge < -0.3 is 4.98 Å². The molecule has 0 aliphatic rings. The molecule has 0 aliphatic heterocycles. The van der Waals surface area contributed by atoms with E-state index in [1.165, 1.54) is 0 Å². The summed E-state index contributed by atoms with van der Waals surface area (Å²) in [5.74, 6) is 0.660. The van der Waals surface area contributed by atoms with Crippen LogP contribution in [-0.4, -0.2) is 40.1 Å². The maximum atomic E-state index is 4.82. The topological polar surface area (TPSA) is 109 Å². The minimum Gasteiger partial charge on any atom is -0.336 e. The smallest absolute Gasteiger partial charge is 0.159 e. The number of aromatic amines is 2. The molecule has 0 unspecified atom stereocenters. The molecule has 0 aromatic carbocycles. The van der Waals surface area contributed by atoms with E-state index >= 15 is 0 Å². The van der Waals surface area contributed by atoms with Gasteiger partial charge in [-0.05, 0) is 36.4 Å². The van der Waals surface area contributed by atoms with E-state index in [9.17, 15) is 0 Å². The number of nitrogens with one attached hydrogen (secondary N) is 2. The fourth-order valence-corrected chi connectivity index (χ4v) is 3.51. The molecule has 0 amide bonds. The highest BCUT2D eigenvalue weighted by Crippen LogP contribution is 2.30. The Balaban J connectivity index is 1.52. The number of H-pyrrole nitrogens is 2. The molecule has 0 aliphatic carbocycles. The number of pyridine rings is 4. The van der Waals surface area contributed by atoms with Crippen LogP contribution in [0.2, 0.25) is 0 Å². The van der Waals surface area contributed by atoms with E-state index in [0.717, 1.165) is 50.3 Å². The highest BCUT2D eigenvalue weighted by Gasteiger charge is 2.16. The predicted molar refractivity (Wildman–Crippen MR) is 113 cm³/mol. The van der Waals surface area contributed by atoms with Crippen LogP contribution in [0.25, 0.3) is 56.1 Å². The van der Waals surface area contributed by atoms with Crippen LogP contribution in [0.4, 0.5) is 0 Å². The number of nitrogens with zero attached hydrogens (tertiary/aromatic N) is 6. The van der Waals surface area contributed by atoms with Gasteiger partial charge in [-0.3, -0.25) is 25.0 Å². The van der Waals surface area contributed by atoms with Crippen molar-refractivity contribution < 1.29 is 0 Å². The zero-order valence-corrected chi connectivity index (χ0v) is 15.6. The Bertz CT molecular complexity index is 1490. The Morgan fingerprint density at radius 1 is 0.733 bits per heavy atom. The molecule has 0 radical (unpaired) electrons. The Kier molecular flexibility index (Phi) is 3.60. The van der Waals surface area contributed by atoms with Crippen molar-refractivity contribution >= 4 is 21.9 Å². The van der Waals surface area contributed by atoms with Gasteiger partial charge >= 0.3 is 0 Å². The zero-order chi connectivity index (χ0) is 19.9. The first-order valence-electron chi connectivity index (χ1n) is 9.38. The molecule has 6 aromatic heterocycles. The first-order chi connectivity index (χ1) is 14.9. The summed E-state index contributed by atoms with van der Waals surface area (Å²) in [5, 5.41) is 8.44. The number of hydrogen-bond donors (Lipinski definition) is 2. The standard InChI is InChI=1S/C22H14N8/c1-2-8-24-15(5-1)17-10-14-18(12-26-17)29-30-20(14)22-27-16-6-9-25-19(21(16)28-22)13-4-3-7-23-11-13/h1-12H,(H,27,28)(H,29,30). The molecule has 0 spiro atoms. The first-order valence-corrected chi connectivity index (χ1v) is 9.38. The molecule has 0 fully saturated rings. The number of rotatable bonds is 3. The lowest BCUT2D eigenvalue weighted by atomic mass is 10.1. The Labute approximate surface area is 170 Å².